The van der Waals surface area contributed by atoms with Crippen LogP contribution in [0.4, 0.5) is 5.82 Å². The molecule has 1 fully saturated rings. The predicted octanol–water partition coefficient (Wildman–Crippen LogP) is 2.50. The number of hydrogen-bond acceptors (Lipinski definition) is 3. The number of nitrogens with two attached hydrogens (primary N) is 1. The molecule has 1 aromatic heterocycles. The van der Waals surface area contributed by atoms with Gasteiger partial charge >= 0.3 is 0 Å². The molecule has 0 spiro atoms. The average molecular weight is 219 g/mol. The van der Waals surface area contributed by atoms with Crippen LogP contribution in [-0.2, 0) is 0 Å². The van der Waals surface area contributed by atoms with E-state index in [2.05, 4.69) is 23.3 Å². The fourth-order valence-corrected chi connectivity index (χ4v) is 2.73. The molecule has 1 aliphatic rings. The maximum absolute atomic E-state index is 5.97. The van der Waals surface area contributed by atoms with Crippen LogP contribution < -0.4 is 11.1 Å². The Morgan fingerprint density at radius 1 is 1.50 bits per heavy atom. The van der Waals surface area contributed by atoms with Crippen molar-refractivity contribution in [2.24, 2.45) is 5.92 Å². The molecule has 1 aromatic rings. The quantitative estimate of drug-likeness (QED) is 0.818. The Morgan fingerprint density at radius 3 is 2.88 bits per heavy atom. The smallest absolute Gasteiger partial charge is 0.128 e. The third-order valence-corrected chi connectivity index (χ3v) is 3.50. The van der Waals surface area contributed by atoms with Crippen LogP contribution in [0.5, 0.6) is 0 Å². The van der Waals surface area contributed by atoms with Gasteiger partial charge in [0.1, 0.15) is 5.82 Å². The number of hydrogen-bond donors (Lipinski definition) is 2. The Morgan fingerprint density at radius 2 is 2.25 bits per heavy atom. The van der Waals surface area contributed by atoms with Crippen molar-refractivity contribution in [1.82, 2.24) is 10.3 Å². The van der Waals surface area contributed by atoms with E-state index >= 15 is 0 Å². The van der Waals surface area contributed by atoms with Crippen LogP contribution in [0, 0.1) is 5.92 Å². The number of nitrogen functional groups attached to an aromatic ring is 1. The Labute approximate surface area is 97.5 Å². The van der Waals surface area contributed by atoms with E-state index in [1.165, 1.54) is 31.2 Å². The first-order valence-electron chi connectivity index (χ1n) is 6.26. The molecule has 1 atom stereocenters. The van der Waals surface area contributed by atoms with Gasteiger partial charge in [0.2, 0.25) is 0 Å². The van der Waals surface area contributed by atoms with E-state index in [1.54, 1.807) is 6.20 Å². The van der Waals surface area contributed by atoms with E-state index in [9.17, 15) is 0 Å². The first-order valence-corrected chi connectivity index (χ1v) is 6.26. The molecule has 0 radical (unpaired) electrons. The third-order valence-electron chi connectivity index (χ3n) is 3.50. The van der Waals surface area contributed by atoms with Crippen molar-refractivity contribution in [3.63, 3.8) is 0 Å². The van der Waals surface area contributed by atoms with Gasteiger partial charge in [0.15, 0.2) is 0 Å². The Bertz CT molecular complexity index is 332. The highest BCUT2D eigenvalue weighted by Crippen LogP contribution is 2.36. The van der Waals surface area contributed by atoms with Crippen molar-refractivity contribution in [3.05, 3.63) is 23.9 Å². The SMILES string of the molecule is CCNC(c1cccnc1N)C1CCCC1. The molecule has 0 aliphatic heterocycles. The second-order valence-electron chi connectivity index (χ2n) is 4.56. The van der Waals surface area contributed by atoms with Crippen molar-refractivity contribution < 1.29 is 0 Å². The molecule has 1 unspecified atom stereocenters. The lowest BCUT2D eigenvalue weighted by Gasteiger charge is -2.25. The second kappa shape index (κ2) is 5.30. The molecule has 0 amide bonds. The zero-order valence-electron chi connectivity index (χ0n) is 9.95. The number of nitrogens with zero attached hydrogens (tertiary/aromatic N) is 1. The standard InChI is InChI=1S/C13H21N3/c1-2-15-12(10-6-3-4-7-10)11-8-5-9-16-13(11)14/h5,8-10,12,15H,2-4,6-7H2,1H3,(H2,14,16). The van der Waals surface area contributed by atoms with Crippen LogP contribution in [0.2, 0.25) is 0 Å². The molecule has 3 nitrogen and oxygen atoms in total. The molecular formula is C13H21N3. The van der Waals surface area contributed by atoms with Crippen molar-refractivity contribution >= 4 is 5.82 Å². The van der Waals surface area contributed by atoms with Crippen LogP contribution >= 0.6 is 0 Å². The van der Waals surface area contributed by atoms with Crippen LogP contribution in [0.3, 0.4) is 0 Å². The molecular weight excluding hydrogens is 198 g/mol. The molecule has 0 saturated heterocycles. The lowest BCUT2D eigenvalue weighted by atomic mass is 9.92. The van der Waals surface area contributed by atoms with Gasteiger partial charge in [-0.05, 0) is 31.4 Å². The summed E-state index contributed by atoms with van der Waals surface area (Å²) in [6.07, 6.45) is 7.09. The van der Waals surface area contributed by atoms with Gasteiger partial charge in [-0.25, -0.2) is 4.98 Å². The number of aromatic nitrogens is 1. The van der Waals surface area contributed by atoms with Crippen LogP contribution in [-0.4, -0.2) is 11.5 Å². The minimum atomic E-state index is 0.390. The zero-order chi connectivity index (χ0) is 11.4. The summed E-state index contributed by atoms with van der Waals surface area (Å²) in [5, 5.41) is 3.56. The Kier molecular flexibility index (Phi) is 3.78. The van der Waals surface area contributed by atoms with Gasteiger partial charge in [-0.3, -0.25) is 0 Å². The highest BCUT2D eigenvalue weighted by atomic mass is 14.9. The summed E-state index contributed by atoms with van der Waals surface area (Å²) in [6.45, 7) is 3.13. The van der Waals surface area contributed by atoms with E-state index in [4.69, 9.17) is 5.73 Å². The van der Waals surface area contributed by atoms with Gasteiger partial charge in [-0.1, -0.05) is 25.8 Å². The zero-order valence-corrected chi connectivity index (χ0v) is 9.95. The van der Waals surface area contributed by atoms with Crippen LogP contribution in [0.1, 0.15) is 44.2 Å². The van der Waals surface area contributed by atoms with Crippen LogP contribution in [0.25, 0.3) is 0 Å². The van der Waals surface area contributed by atoms with E-state index in [-0.39, 0.29) is 0 Å². The lowest BCUT2D eigenvalue weighted by molar-refractivity contribution is 0.375. The van der Waals surface area contributed by atoms with Gasteiger partial charge in [-0.2, -0.15) is 0 Å². The van der Waals surface area contributed by atoms with Gasteiger partial charge < -0.3 is 11.1 Å². The molecule has 1 aliphatic carbocycles. The molecule has 88 valence electrons. The normalized spacial score (nSPS) is 18.8. The minimum Gasteiger partial charge on any atom is -0.383 e. The predicted molar refractivity (Wildman–Crippen MR) is 67.0 cm³/mol. The van der Waals surface area contributed by atoms with Gasteiger partial charge in [-0.15, -0.1) is 0 Å². The van der Waals surface area contributed by atoms with Crippen LogP contribution in [0.15, 0.2) is 18.3 Å². The number of nitrogens with one attached hydrogen (secondary N) is 1. The molecule has 3 heteroatoms. The Balaban J connectivity index is 2.21. The topological polar surface area (TPSA) is 50.9 Å². The second-order valence-corrected chi connectivity index (χ2v) is 4.56. The number of anilines is 1. The largest absolute Gasteiger partial charge is 0.383 e. The molecule has 1 heterocycles. The first kappa shape index (κ1) is 11.4. The fourth-order valence-electron chi connectivity index (χ4n) is 2.73. The average Bonchev–Trinajstić information content (AvgIpc) is 2.80. The fraction of sp³-hybridized carbons (Fsp3) is 0.615. The summed E-state index contributed by atoms with van der Waals surface area (Å²) in [5.41, 5.74) is 7.15. The monoisotopic (exact) mass is 219 g/mol. The summed E-state index contributed by atoms with van der Waals surface area (Å²) in [6, 6.07) is 4.47. The van der Waals surface area contributed by atoms with Crippen molar-refractivity contribution in [1.29, 1.82) is 0 Å². The molecule has 0 bridgehead atoms. The molecule has 0 aromatic carbocycles. The summed E-state index contributed by atoms with van der Waals surface area (Å²) in [4.78, 5) is 4.19. The maximum atomic E-state index is 5.97. The Hall–Kier alpha value is -1.09. The molecule has 1 saturated carbocycles. The van der Waals surface area contributed by atoms with E-state index < -0.39 is 0 Å². The first-order chi connectivity index (χ1) is 7.83. The van der Waals surface area contributed by atoms with Crippen molar-refractivity contribution in [2.75, 3.05) is 12.3 Å². The maximum Gasteiger partial charge on any atom is 0.128 e. The minimum absolute atomic E-state index is 0.390. The highest BCUT2D eigenvalue weighted by Gasteiger charge is 2.26. The third kappa shape index (κ3) is 2.35. The molecule has 3 N–H and O–H groups in total. The number of pyridine rings is 1. The highest BCUT2D eigenvalue weighted by molar-refractivity contribution is 5.41. The van der Waals surface area contributed by atoms with E-state index in [1.807, 2.05) is 6.07 Å². The van der Waals surface area contributed by atoms with Crippen molar-refractivity contribution in [2.45, 2.75) is 38.6 Å². The van der Waals surface area contributed by atoms with E-state index in [0.29, 0.717) is 11.9 Å². The van der Waals surface area contributed by atoms with Gasteiger partial charge in [0, 0.05) is 17.8 Å². The summed E-state index contributed by atoms with van der Waals surface area (Å²) >= 11 is 0. The summed E-state index contributed by atoms with van der Waals surface area (Å²) in [7, 11) is 0. The summed E-state index contributed by atoms with van der Waals surface area (Å²) < 4.78 is 0. The molecule has 16 heavy (non-hydrogen) atoms. The lowest BCUT2D eigenvalue weighted by Crippen LogP contribution is -2.27. The van der Waals surface area contributed by atoms with Crippen molar-refractivity contribution in [3.8, 4) is 0 Å². The number of rotatable bonds is 4. The van der Waals surface area contributed by atoms with Gasteiger partial charge in [0.25, 0.3) is 0 Å². The summed E-state index contributed by atoms with van der Waals surface area (Å²) in [5.74, 6) is 1.41. The van der Waals surface area contributed by atoms with E-state index in [0.717, 1.165) is 12.5 Å². The van der Waals surface area contributed by atoms with Gasteiger partial charge in [0.05, 0.1) is 0 Å². The molecule has 2 rings (SSSR count).